The molecule has 18 heavy (non-hydrogen) atoms. The van der Waals surface area contributed by atoms with Gasteiger partial charge in [0, 0.05) is 29.7 Å². The van der Waals surface area contributed by atoms with Crippen LogP contribution in [-0.4, -0.2) is 13.1 Å². The lowest BCUT2D eigenvalue weighted by Gasteiger charge is -2.23. The second-order valence-electron chi connectivity index (χ2n) is 5.10. The van der Waals surface area contributed by atoms with Gasteiger partial charge in [0.05, 0.1) is 0 Å². The number of alkyl halides is 1. The molecular formula is C15H21Cl2N. The molecule has 0 spiro atoms. The fourth-order valence-corrected chi connectivity index (χ4v) is 3.22. The summed E-state index contributed by atoms with van der Waals surface area (Å²) in [5.74, 6) is 1.38. The molecule has 0 saturated carbocycles. The van der Waals surface area contributed by atoms with Crippen molar-refractivity contribution >= 4 is 28.9 Å². The van der Waals surface area contributed by atoms with Crippen molar-refractivity contribution in [3.05, 3.63) is 28.8 Å². The van der Waals surface area contributed by atoms with Crippen molar-refractivity contribution in [2.45, 2.75) is 38.5 Å². The van der Waals surface area contributed by atoms with Crippen molar-refractivity contribution in [1.82, 2.24) is 0 Å². The highest BCUT2D eigenvalue weighted by molar-refractivity contribution is 6.32. The number of halogens is 2. The van der Waals surface area contributed by atoms with E-state index in [9.17, 15) is 0 Å². The fraction of sp³-hybridized carbons (Fsp3) is 0.600. The van der Waals surface area contributed by atoms with Crippen LogP contribution in [0.25, 0.3) is 0 Å². The molecule has 2 rings (SSSR count). The monoisotopic (exact) mass is 285 g/mol. The minimum absolute atomic E-state index is 0.483. The molecule has 0 aromatic heterocycles. The first-order valence-electron chi connectivity index (χ1n) is 6.84. The Morgan fingerprint density at radius 2 is 2.11 bits per heavy atom. The maximum absolute atomic E-state index is 6.23. The normalized spacial score (nSPS) is 20.8. The molecule has 1 aromatic rings. The highest BCUT2D eigenvalue weighted by Crippen LogP contribution is 2.28. The van der Waals surface area contributed by atoms with Crippen LogP contribution in [0.15, 0.2) is 18.2 Å². The Balaban J connectivity index is 2.09. The summed E-state index contributed by atoms with van der Waals surface area (Å²) < 4.78 is 0. The summed E-state index contributed by atoms with van der Waals surface area (Å²) in [4.78, 5) is 2.46. The molecular weight excluding hydrogens is 265 g/mol. The second-order valence-corrected chi connectivity index (χ2v) is 5.78. The Morgan fingerprint density at radius 3 is 2.78 bits per heavy atom. The third-order valence-electron chi connectivity index (χ3n) is 3.97. The average molecular weight is 286 g/mol. The number of benzene rings is 1. The standard InChI is InChI=1S/C15H21Cl2N/c1-2-12-4-3-8-18(9-7-12)14-6-5-13(11-16)15(17)10-14/h5-6,10,12H,2-4,7-9,11H2,1H3. The maximum Gasteiger partial charge on any atom is 0.0488 e. The topological polar surface area (TPSA) is 3.24 Å². The quantitative estimate of drug-likeness (QED) is 0.699. The first-order chi connectivity index (χ1) is 8.74. The van der Waals surface area contributed by atoms with Crippen LogP contribution in [0.3, 0.4) is 0 Å². The molecule has 1 fully saturated rings. The molecule has 1 atom stereocenters. The first-order valence-corrected chi connectivity index (χ1v) is 7.75. The summed E-state index contributed by atoms with van der Waals surface area (Å²) >= 11 is 12.1. The molecule has 0 bridgehead atoms. The van der Waals surface area contributed by atoms with Gasteiger partial charge in [0.1, 0.15) is 0 Å². The van der Waals surface area contributed by atoms with Crippen LogP contribution in [-0.2, 0) is 5.88 Å². The van der Waals surface area contributed by atoms with Crippen LogP contribution in [0.2, 0.25) is 5.02 Å². The predicted molar refractivity (Wildman–Crippen MR) is 80.9 cm³/mol. The molecule has 1 saturated heterocycles. The van der Waals surface area contributed by atoms with E-state index in [1.807, 2.05) is 6.07 Å². The van der Waals surface area contributed by atoms with E-state index in [2.05, 4.69) is 24.0 Å². The van der Waals surface area contributed by atoms with Crippen LogP contribution < -0.4 is 4.90 Å². The SMILES string of the molecule is CCC1CCCN(c2ccc(CCl)c(Cl)c2)CC1. The van der Waals surface area contributed by atoms with E-state index in [0.717, 1.165) is 29.6 Å². The molecule has 0 N–H and O–H groups in total. The fourth-order valence-electron chi connectivity index (χ4n) is 2.67. The number of hydrogen-bond donors (Lipinski definition) is 0. The summed E-state index contributed by atoms with van der Waals surface area (Å²) in [6.07, 6.45) is 5.25. The van der Waals surface area contributed by atoms with Crippen LogP contribution in [0.4, 0.5) is 5.69 Å². The Labute approximate surface area is 120 Å². The molecule has 0 aliphatic carbocycles. The average Bonchev–Trinajstić information content (AvgIpc) is 2.63. The van der Waals surface area contributed by atoms with Gasteiger partial charge >= 0.3 is 0 Å². The van der Waals surface area contributed by atoms with E-state index >= 15 is 0 Å². The number of rotatable bonds is 3. The van der Waals surface area contributed by atoms with Crippen LogP contribution in [0.5, 0.6) is 0 Å². The number of anilines is 1. The van der Waals surface area contributed by atoms with Gasteiger partial charge in [-0.3, -0.25) is 0 Å². The van der Waals surface area contributed by atoms with Gasteiger partial charge in [0.25, 0.3) is 0 Å². The highest BCUT2D eigenvalue weighted by atomic mass is 35.5. The minimum atomic E-state index is 0.483. The molecule has 100 valence electrons. The van der Waals surface area contributed by atoms with Crippen molar-refractivity contribution in [3.8, 4) is 0 Å². The zero-order chi connectivity index (χ0) is 13.0. The van der Waals surface area contributed by atoms with Crippen molar-refractivity contribution in [3.63, 3.8) is 0 Å². The van der Waals surface area contributed by atoms with Gasteiger partial charge in [0.15, 0.2) is 0 Å². The van der Waals surface area contributed by atoms with E-state index in [0.29, 0.717) is 5.88 Å². The summed E-state index contributed by atoms with van der Waals surface area (Å²) in [5.41, 5.74) is 2.26. The predicted octanol–water partition coefficient (Wildman–Crippen LogP) is 5.10. The molecule has 1 aliphatic rings. The van der Waals surface area contributed by atoms with E-state index in [1.54, 1.807) is 0 Å². The summed E-state index contributed by atoms with van der Waals surface area (Å²) in [7, 11) is 0. The van der Waals surface area contributed by atoms with Gasteiger partial charge in [0.2, 0.25) is 0 Å². The van der Waals surface area contributed by atoms with Crippen LogP contribution >= 0.6 is 23.2 Å². The Bertz CT molecular complexity index is 392. The van der Waals surface area contributed by atoms with Gasteiger partial charge < -0.3 is 4.90 Å². The second kappa shape index (κ2) is 6.68. The Hall–Kier alpha value is -0.400. The van der Waals surface area contributed by atoms with Gasteiger partial charge in [-0.2, -0.15) is 0 Å². The van der Waals surface area contributed by atoms with Gasteiger partial charge in [-0.15, -0.1) is 11.6 Å². The summed E-state index contributed by atoms with van der Waals surface area (Å²) in [6, 6.07) is 6.26. The van der Waals surface area contributed by atoms with Crippen molar-refractivity contribution in [2.75, 3.05) is 18.0 Å². The Kier molecular flexibility index (Phi) is 5.20. The largest absolute Gasteiger partial charge is 0.371 e. The van der Waals surface area contributed by atoms with E-state index in [1.165, 1.54) is 31.4 Å². The lowest BCUT2D eigenvalue weighted by molar-refractivity contribution is 0.459. The van der Waals surface area contributed by atoms with Gasteiger partial charge in [-0.1, -0.05) is 31.0 Å². The Morgan fingerprint density at radius 1 is 1.28 bits per heavy atom. The van der Waals surface area contributed by atoms with Gasteiger partial charge in [-0.25, -0.2) is 0 Å². The third kappa shape index (κ3) is 3.33. The maximum atomic E-state index is 6.23. The zero-order valence-electron chi connectivity index (χ0n) is 11.0. The van der Waals surface area contributed by atoms with E-state index in [-0.39, 0.29) is 0 Å². The first kappa shape index (κ1) is 14.0. The van der Waals surface area contributed by atoms with Crippen molar-refractivity contribution < 1.29 is 0 Å². The molecule has 3 heteroatoms. The smallest absolute Gasteiger partial charge is 0.0488 e. The minimum Gasteiger partial charge on any atom is -0.371 e. The number of nitrogens with zero attached hydrogens (tertiary/aromatic N) is 1. The molecule has 0 radical (unpaired) electrons. The lowest BCUT2D eigenvalue weighted by Crippen LogP contribution is -2.24. The third-order valence-corrected chi connectivity index (χ3v) is 4.61. The highest BCUT2D eigenvalue weighted by Gasteiger charge is 2.16. The molecule has 1 unspecified atom stereocenters. The lowest BCUT2D eigenvalue weighted by atomic mass is 9.98. The van der Waals surface area contributed by atoms with E-state index < -0.39 is 0 Å². The van der Waals surface area contributed by atoms with Crippen molar-refractivity contribution in [2.24, 2.45) is 5.92 Å². The molecule has 0 amide bonds. The molecule has 1 aromatic carbocycles. The van der Waals surface area contributed by atoms with Gasteiger partial charge in [-0.05, 0) is 42.9 Å². The molecule has 1 heterocycles. The van der Waals surface area contributed by atoms with Crippen LogP contribution in [0.1, 0.15) is 38.2 Å². The van der Waals surface area contributed by atoms with Crippen LogP contribution in [0, 0.1) is 5.92 Å². The van der Waals surface area contributed by atoms with Crippen molar-refractivity contribution in [1.29, 1.82) is 0 Å². The zero-order valence-corrected chi connectivity index (χ0v) is 12.5. The molecule has 1 aliphatic heterocycles. The number of hydrogen-bond acceptors (Lipinski definition) is 1. The summed E-state index contributed by atoms with van der Waals surface area (Å²) in [6.45, 7) is 4.59. The summed E-state index contributed by atoms with van der Waals surface area (Å²) in [5, 5.41) is 0.791. The van der Waals surface area contributed by atoms with E-state index in [4.69, 9.17) is 23.2 Å². The molecule has 1 nitrogen and oxygen atoms in total.